The Hall–Kier alpha value is -2.37. The Morgan fingerprint density at radius 2 is 2.14 bits per heavy atom. The highest BCUT2D eigenvalue weighted by Crippen LogP contribution is 2.26. The molecule has 0 spiro atoms. The van der Waals surface area contributed by atoms with E-state index in [-0.39, 0.29) is 18.4 Å². The van der Waals surface area contributed by atoms with Crippen LogP contribution in [0.1, 0.15) is 31.2 Å². The first-order valence-corrected chi connectivity index (χ1v) is 7.22. The number of ether oxygens (including phenoxy) is 1. The smallest absolute Gasteiger partial charge is 0.244 e. The number of para-hydroxylation sites is 1. The first kappa shape index (κ1) is 13.6. The van der Waals surface area contributed by atoms with Gasteiger partial charge in [-0.2, -0.15) is 4.79 Å². The molecule has 2 aromatic rings. The number of benzene rings is 1. The van der Waals surface area contributed by atoms with Crippen molar-refractivity contribution in [1.29, 1.82) is 0 Å². The van der Waals surface area contributed by atoms with E-state index in [9.17, 15) is 4.79 Å². The zero-order valence-corrected chi connectivity index (χ0v) is 11.7. The number of aromatic nitrogens is 3. The third-order valence-corrected chi connectivity index (χ3v) is 3.58. The lowest BCUT2D eigenvalue weighted by molar-refractivity contribution is -0.116. The maximum Gasteiger partial charge on any atom is 0.244 e. The van der Waals surface area contributed by atoms with Gasteiger partial charge in [0.25, 0.3) is 0 Å². The van der Waals surface area contributed by atoms with Crippen molar-refractivity contribution in [1.82, 2.24) is 15.1 Å². The zero-order chi connectivity index (χ0) is 14.5. The van der Waals surface area contributed by atoms with Gasteiger partial charge in [-0.15, -0.1) is 5.10 Å². The topological polar surface area (TPSA) is 69.0 Å². The Morgan fingerprint density at radius 3 is 2.90 bits per heavy atom. The van der Waals surface area contributed by atoms with Crippen molar-refractivity contribution < 1.29 is 9.53 Å². The van der Waals surface area contributed by atoms with Crippen LogP contribution in [0.25, 0.3) is 0 Å². The summed E-state index contributed by atoms with van der Waals surface area (Å²) in [5, 5.41) is 7.35. The highest BCUT2D eigenvalue weighted by atomic mass is 16.5. The van der Waals surface area contributed by atoms with Crippen LogP contribution in [0.5, 0.6) is 5.75 Å². The summed E-state index contributed by atoms with van der Waals surface area (Å²) in [7, 11) is 0. The average molecular weight is 286 g/mol. The number of carbonyl (C=O) groups excluding carboxylic acids is 1. The molecule has 1 aromatic heterocycles. The van der Waals surface area contributed by atoms with Crippen molar-refractivity contribution in [2.75, 3.05) is 5.43 Å². The molecule has 6 heteroatoms. The molecule has 1 fully saturated rings. The highest BCUT2D eigenvalue weighted by Gasteiger charge is 2.18. The molecule has 110 valence electrons. The van der Waals surface area contributed by atoms with E-state index >= 15 is 0 Å². The van der Waals surface area contributed by atoms with Crippen LogP contribution in [0.15, 0.2) is 36.7 Å². The fourth-order valence-corrected chi connectivity index (χ4v) is 2.56. The maximum absolute atomic E-state index is 12.0. The summed E-state index contributed by atoms with van der Waals surface area (Å²) in [5.74, 6) is 0.654. The number of amides is 1. The lowest BCUT2D eigenvalue weighted by Crippen LogP contribution is -2.25. The minimum absolute atomic E-state index is 0.150. The monoisotopic (exact) mass is 286 g/mol. The lowest BCUT2D eigenvalue weighted by atomic mass is 10.1. The molecule has 1 amide bonds. The standard InChI is InChI=1S/C15H18N4O2/c20-15(17-19-10-9-16-18-19)11-12-5-1-4-8-14(12)21-13-6-2-3-7-13/h1,4-5,8-10,13H,2-3,6-7,11H2,(H,17,20). The molecule has 1 heterocycles. The lowest BCUT2D eigenvalue weighted by Gasteiger charge is -2.16. The van der Waals surface area contributed by atoms with Crippen LogP contribution in [-0.2, 0) is 11.2 Å². The van der Waals surface area contributed by atoms with E-state index < -0.39 is 0 Å². The Morgan fingerprint density at radius 1 is 1.33 bits per heavy atom. The predicted octanol–water partition coefficient (Wildman–Crippen LogP) is 1.91. The van der Waals surface area contributed by atoms with Crippen molar-refractivity contribution in [3.63, 3.8) is 0 Å². The number of hydrogen-bond donors (Lipinski definition) is 1. The van der Waals surface area contributed by atoms with Crippen LogP contribution in [-0.4, -0.2) is 27.1 Å². The Kier molecular flexibility index (Phi) is 4.14. The molecular formula is C15H18N4O2. The molecule has 0 saturated heterocycles. The van der Waals surface area contributed by atoms with Crippen molar-refractivity contribution in [3.05, 3.63) is 42.2 Å². The van der Waals surface area contributed by atoms with Crippen LogP contribution in [0, 0.1) is 0 Å². The molecule has 1 aromatic carbocycles. The van der Waals surface area contributed by atoms with Gasteiger partial charge in [-0.05, 0) is 37.0 Å². The Labute approximate surface area is 123 Å². The summed E-state index contributed by atoms with van der Waals surface area (Å²) in [6, 6.07) is 7.70. The van der Waals surface area contributed by atoms with E-state index in [2.05, 4.69) is 15.7 Å². The van der Waals surface area contributed by atoms with Crippen LogP contribution < -0.4 is 10.2 Å². The van der Waals surface area contributed by atoms with Gasteiger partial charge in [0.2, 0.25) is 5.91 Å². The van der Waals surface area contributed by atoms with E-state index in [1.807, 2.05) is 24.3 Å². The molecule has 0 aliphatic heterocycles. The summed E-state index contributed by atoms with van der Waals surface area (Å²) in [6.07, 6.45) is 8.27. The summed E-state index contributed by atoms with van der Waals surface area (Å²) in [6.45, 7) is 0. The fourth-order valence-electron chi connectivity index (χ4n) is 2.56. The molecule has 1 aliphatic carbocycles. The van der Waals surface area contributed by atoms with E-state index in [1.54, 1.807) is 6.20 Å². The van der Waals surface area contributed by atoms with Gasteiger partial charge in [-0.3, -0.25) is 4.79 Å². The first-order chi connectivity index (χ1) is 10.3. The number of carbonyl (C=O) groups is 1. The maximum atomic E-state index is 12.0. The van der Waals surface area contributed by atoms with Crippen LogP contribution in [0.3, 0.4) is 0 Å². The third kappa shape index (κ3) is 3.59. The molecule has 0 unspecified atom stereocenters. The molecule has 0 atom stereocenters. The fraction of sp³-hybridized carbons (Fsp3) is 0.400. The molecule has 0 radical (unpaired) electrons. The zero-order valence-electron chi connectivity index (χ0n) is 11.7. The number of hydrogen-bond acceptors (Lipinski definition) is 4. The number of rotatable bonds is 5. The molecule has 6 nitrogen and oxygen atoms in total. The van der Waals surface area contributed by atoms with E-state index in [0.29, 0.717) is 0 Å². The average Bonchev–Trinajstić information content (AvgIpc) is 3.14. The van der Waals surface area contributed by atoms with E-state index in [4.69, 9.17) is 4.74 Å². The Balaban J connectivity index is 1.65. The Bertz CT molecular complexity index is 591. The molecule has 3 rings (SSSR count). The molecule has 21 heavy (non-hydrogen) atoms. The summed E-state index contributed by atoms with van der Waals surface area (Å²) in [5.41, 5.74) is 3.53. The van der Waals surface area contributed by atoms with E-state index in [1.165, 1.54) is 23.8 Å². The van der Waals surface area contributed by atoms with Crippen LogP contribution in [0.4, 0.5) is 0 Å². The summed E-state index contributed by atoms with van der Waals surface area (Å²) >= 11 is 0. The van der Waals surface area contributed by atoms with Gasteiger partial charge in [-0.1, -0.05) is 18.2 Å². The second-order valence-corrected chi connectivity index (χ2v) is 5.19. The van der Waals surface area contributed by atoms with Gasteiger partial charge in [-0.25, -0.2) is 5.43 Å². The second-order valence-electron chi connectivity index (χ2n) is 5.19. The normalized spacial score (nSPS) is 15.0. The van der Waals surface area contributed by atoms with Crippen molar-refractivity contribution in [3.8, 4) is 5.75 Å². The predicted molar refractivity (Wildman–Crippen MR) is 77.4 cm³/mol. The van der Waals surface area contributed by atoms with Gasteiger partial charge in [0.1, 0.15) is 5.75 Å². The summed E-state index contributed by atoms with van der Waals surface area (Å²) in [4.78, 5) is 13.3. The van der Waals surface area contributed by atoms with Gasteiger partial charge >= 0.3 is 0 Å². The molecule has 1 saturated carbocycles. The first-order valence-electron chi connectivity index (χ1n) is 7.22. The largest absolute Gasteiger partial charge is 0.490 e. The minimum atomic E-state index is -0.150. The summed E-state index contributed by atoms with van der Waals surface area (Å²) < 4.78 is 6.03. The molecule has 0 bridgehead atoms. The van der Waals surface area contributed by atoms with Gasteiger partial charge in [0.15, 0.2) is 0 Å². The quantitative estimate of drug-likeness (QED) is 0.911. The van der Waals surface area contributed by atoms with Crippen LogP contribution in [0.2, 0.25) is 0 Å². The molecule has 1 aliphatic rings. The number of nitrogens with zero attached hydrogens (tertiary/aromatic N) is 3. The van der Waals surface area contributed by atoms with E-state index in [0.717, 1.165) is 24.2 Å². The third-order valence-electron chi connectivity index (χ3n) is 3.58. The van der Waals surface area contributed by atoms with Gasteiger partial charge in [0.05, 0.1) is 24.9 Å². The van der Waals surface area contributed by atoms with Crippen molar-refractivity contribution in [2.24, 2.45) is 0 Å². The van der Waals surface area contributed by atoms with Crippen molar-refractivity contribution in [2.45, 2.75) is 38.2 Å². The molecular weight excluding hydrogens is 268 g/mol. The van der Waals surface area contributed by atoms with Crippen LogP contribution >= 0.6 is 0 Å². The SMILES string of the molecule is O=C(Cc1ccccc1OC1CCCC1)Nn1ccnn1. The van der Waals surface area contributed by atoms with Gasteiger partial charge in [0, 0.05) is 5.56 Å². The minimum Gasteiger partial charge on any atom is -0.490 e. The molecule has 1 N–H and O–H groups in total. The van der Waals surface area contributed by atoms with Crippen molar-refractivity contribution >= 4 is 5.91 Å². The number of nitrogens with one attached hydrogen (secondary N) is 1. The second kappa shape index (κ2) is 6.39. The van der Waals surface area contributed by atoms with Gasteiger partial charge < -0.3 is 4.74 Å². The highest BCUT2D eigenvalue weighted by molar-refractivity contribution is 5.86.